The second-order valence-corrected chi connectivity index (χ2v) is 11.8. The van der Waals surface area contributed by atoms with Crippen LogP contribution < -0.4 is 9.47 Å². The van der Waals surface area contributed by atoms with Crippen molar-refractivity contribution < 1.29 is 9.47 Å². The Labute approximate surface area is 247 Å². The molecule has 2 unspecified atom stereocenters. The Bertz CT molecular complexity index is 1980. The van der Waals surface area contributed by atoms with Gasteiger partial charge in [-0.05, 0) is 84.0 Å². The molecule has 2 heteroatoms. The predicted octanol–water partition coefficient (Wildman–Crippen LogP) is 9.95. The molecule has 0 saturated heterocycles. The summed E-state index contributed by atoms with van der Waals surface area (Å²) in [5.41, 5.74) is 9.77. The van der Waals surface area contributed by atoms with Gasteiger partial charge in [0.05, 0.1) is 0 Å². The number of ether oxygens (including phenoxy) is 2. The predicted molar refractivity (Wildman–Crippen MR) is 174 cm³/mol. The molecule has 0 fully saturated rings. The molecule has 2 nitrogen and oxygen atoms in total. The van der Waals surface area contributed by atoms with Gasteiger partial charge in [0.2, 0.25) is 0 Å². The van der Waals surface area contributed by atoms with Gasteiger partial charge in [0, 0.05) is 33.4 Å². The Balaban J connectivity index is 1.41. The summed E-state index contributed by atoms with van der Waals surface area (Å²) < 4.78 is 14.4. The van der Waals surface area contributed by atoms with Crippen LogP contribution in [-0.2, 0) is 17.6 Å². The quantitative estimate of drug-likeness (QED) is 0.239. The van der Waals surface area contributed by atoms with Gasteiger partial charge < -0.3 is 9.47 Å². The molecule has 0 N–H and O–H groups in total. The first-order valence-electron chi connectivity index (χ1n) is 14.7. The SMILES string of the molecule is C=CC1=C(C)c2c3c(c4c(c2C12C=Cc1c(ccc5ccccc15)O2)C=CC(C(=C)C)(c1ccccc1)O4)CCC=C3. The zero-order valence-electron chi connectivity index (χ0n) is 24.0. The van der Waals surface area contributed by atoms with Gasteiger partial charge in [-0.25, -0.2) is 0 Å². The maximum Gasteiger partial charge on any atom is 0.179 e. The van der Waals surface area contributed by atoms with Crippen LogP contribution in [0.2, 0.25) is 0 Å². The van der Waals surface area contributed by atoms with Crippen molar-refractivity contribution in [3.8, 4) is 11.5 Å². The summed E-state index contributed by atoms with van der Waals surface area (Å²) in [6, 6.07) is 23.2. The second kappa shape index (κ2) is 8.84. The smallest absolute Gasteiger partial charge is 0.179 e. The molecule has 4 aromatic carbocycles. The highest BCUT2D eigenvalue weighted by Gasteiger charge is 2.50. The van der Waals surface area contributed by atoms with Gasteiger partial charge in [-0.2, -0.15) is 0 Å². The molecule has 0 amide bonds. The highest BCUT2D eigenvalue weighted by molar-refractivity contribution is 5.97. The molecular weight excluding hydrogens is 512 g/mol. The second-order valence-electron chi connectivity index (χ2n) is 11.8. The average Bonchev–Trinajstić information content (AvgIpc) is 3.27. The maximum atomic E-state index is 7.21. The van der Waals surface area contributed by atoms with Crippen LogP contribution in [0.3, 0.4) is 0 Å². The third kappa shape index (κ3) is 3.15. The highest BCUT2D eigenvalue weighted by Crippen LogP contribution is 2.59. The van der Waals surface area contributed by atoms with Crippen molar-refractivity contribution >= 4 is 34.6 Å². The maximum absolute atomic E-state index is 7.21. The molecule has 2 aliphatic carbocycles. The summed E-state index contributed by atoms with van der Waals surface area (Å²) in [6.07, 6.45) is 17.4. The fourth-order valence-corrected chi connectivity index (χ4v) is 7.52. The van der Waals surface area contributed by atoms with Crippen LogP contribution in [0.4, 0.5) is 0 Å². The van der Waals surface area contributed by atoms with E-state index in [4.69, 9.17) is 9.47 Å². The Kier molecular flexibility index (Phi) is 5.25. The topological polar surface area (TPSA) is 18.5 Å². The summed E-state index contributed by atoms with van der Waals surface area (Å²) in [6.45, 7) is 13.0. The summed E-state index contributed by atoms with van der Waals surface area (Å²) in [4.78, 5) is 0. The molecule has 42 heavy (non-hydrogen) atoms. The average molecular weight is 545 g/mol. The zero-order valence-corrected chi connectivity index (χ0v) is 24.0. The van der Waals surface area contributed by atoms with Crippen molar-refractivity contribution in [2.75, 3.05) is 0 Å². The first-order chi connectivity index (χ1) is 20.5. The zero-order chi connectivity index (χ0) is 28.6. The summed E-state index contributed by atoms with van der Waals surface area (Å²) in [5, 5.41) is 2.39. The molecule has 4 aromatic rings. The minimum absolute atomic E-state index is 0.748. The van der Waals surface area contributed by atoms with Crippen LogP contribution in [0.1, 0.15) is 59.2 Å². The first-order valence-corrected chi connectivity index (χ1v) is 14.7. The molecule has 1 spiro atoms. The van der Waals surface area contributed by atoms with Crippen LogP contribution in [0.25, 0.3) is 34.6 Å². The fourth-order valence-electron chi connectivity index (χ4n) is 7.52. The largest absolute Gasteiger partial charge is 0.473 e. The van der Waals surface area contributed by atoms with E-state index >= 15 is 0 Å². The van der Waals surface area contributed by atoms with Gasteiger partial charge in [0.1, 0.15) is 11.5 Å². The lowest BCUT2D eigenvalue weighted by atomic mass is 9.77. The van der Waals surface area contributed by atoms with Crippen LogP contribution in [-0.4, -0.2) is 0 Å². The van der Waals surface area contributed by atoms with E-state index in [1.165, 1.54) is 33.0 Å². The summed E-state index contributed by atoms with van der Waals surface area (Å²) >= 11 is 0. The van der Waals surface area contributed by atoms with Crippen LogP contribution in [0.5, 0.6) is 11.5 Å². The van der Waals surface area contributed by atoms with Crippen LogP contribution in [0, 0.1) is 0 Å². The normalized spacial score (nSPS) is 22.7. The number of rotatable bonds is 3. The van der Waals surface area contributed by atoms with Gasteiger partial charge in [0.15, 0.2) is 11.2 Å². The van der Waals surface area contributed by atoms with Crippen molar-refractivity contribution in [1.29, 1.82) is 0 Å². The molecule has 0 saturated carbocycles. The molecule has 2 aliphatic heterocycles. The number of hydrogen-bond acceptors (Lipinski definition) is 2. The van der Waals surface area contributed by atoms with Gasteiger partial charge in [-0.1, -0.05) is 98.1 Å². The number of hydrogen-bond donors (Lipinski definition) is 0. The van der Waals surface area contributed by atoms with E-state index in [0.717, 1.165) is 57.7 Å². The molecule has 0 aromatic heterocycles. The lowest BCUT2D eigenvalue weighted by Crippen LogP contribution is -2.37. The van der Waals surface area contributed by atoms with Crippen molar-refractivity contribution in [2.45, 2.75) is 37.9 Å². The molecule has 2 atom stereocenters. The van der Waals surface area contributed by atoms with E-state index in [9.17, 15) is 0 Å². The molecule has 2 heterocycles. The molecule has 4 aliphatic rings. The Morgan fingerprint density at radius 2 is 1.64 bits per heavy atom. The standard InChI is InChI=1S/C40H32O2/c1-5-34-26(4)36-31-17-11-12-18-32(31)38-33(22-23-39(42-38,25(2)3)28-14-7-6-8-15-28)37(36)40(34)24-21-30-29-16-10-9-13-27(29)19-20-35(30)41-40/h5-11,13-17,19-24H,1-2,12,18H2,3-4H3. The highest BCUT2D eigenvalue weighted by atomic mass is 16.5. The molecule has 8 rings (SSSR count). The van der Waals surface area contributed by atoms with Crippen molar-refractivity contribution in [2.24, 2.45) is 0 Å². The number of fused-ring (bicyclic) bond motifs is 10. The number of allylic oxidation sites excluding steroid dienone is 2. The van der Waals surface area contributed by atoms with Crippen LogP contribution in [0.15, 0.2) is 115 Å². The van der Waals surface area contributed by atoms with E-state index < -0.39 is 11.2 Å². The van der Waals surface area contributed by atoms with Gasteiger partial charge in [-0.3, -0.25) is 0 Å². The lowest BCUT2D eigenvalue weighted by molar-refractivity contribution is 0.148. The van der Waals surface area contributed by atoms with E-state index in [1.54, 1.807) is 0 Å². The molecule has 0 radical (unpaired) electrons. The van der Waals surface area contributed by atoms with E-state index in [2.05, 4.69) is 124 Å². The van der Waals surface area contributed by atoms with E-state index in [-0.39, 0.29) is 0 Å². The van der Waals surface area contributed by atoms with Crippen molar-refractivity contribution in [1.82, 2.24) is 0 Å². The minimum Gasteiger partial charge on any atom is -0.473 e. The molecule has 0 bridgehead atoms. The minimum atomic E-state index is -0.815. The van der Waals surface area contributed by atoms with E-state index in [1.807, 2.05) is 12.1 Å². The Hall–Kier alpha value is -4.82. The number of benzene rings is 4. The molecular formula is C40H32O2. The first kappa shape index (κ1) is 24.9. The summed E-state index contributed by atoms with van der Waals surface area (Å²) in [5.74, 6) is 1.81. The van der Waals surface area contributed by atoms with E-state index in [0.29, 0.717) is 0 Å². The van der Waals surface area contributed by atoms with Gasteiger partial charge >= 0.3 is 0 Å². The summed E-state index contributed by atoms with van der Waals surface area (Å²) in [7, 11) is 0. The lowest BCUT2D eigenvalue weighted by Gasteiger charge is -2.41. The fraction of sp³-hybridized carbons (Fsp3) is 0.150. The monoisotopic (exact) mass is 544 g/mol. The van der Waals surface area contributed by atoms with Gasteiger partial charge in [-0.15, -0.1) is 0 Å². The third-order valence-corrected chi connectivity index (χ3v) is 9.50. The van der Waals surface area contributed by atoms with Gasteiger partial charge in [0.25, 0.3) is 0 Å². The third-order valence-electron chi connectivity index (χ3n) is 9.50. The van der Waals surface area contributed by atoms with Crippen molar-refractivity contribution in [3.63, 3.8) is 0 Å². The van der Waals surface area contributed by atoms with Crippen molar-refractivity contribution in [3.05, 3.63) is 154 Å². The Morgan fingerprint density at radius 3 is 2.45 bits per heavy atom. The Morgan fingerprint density at radius 1 is 0.857 bits per heavy atom. The van der Waals surface area contributed by atoms with Crippen LogP contribution >= 0.6 is 0 Å². The molecule has 204 valence electrons.